The Labute approximate surface area is 138 Å². The summed E-state index contributed by atoms with van der Waals surface area (Å²) in [6, 6.07) is 12.1. The third-order valence-electron chi connectivity index (χ3n) is 4.14. The topological polar surface area (TPSA) is 29.0 Å². The van der Waals surface area contributed by atoms with Crippen LogP contribution in [0.25, 0.3) is 10.8 Å². The number of rotatable bonds is 1. The van der Waals surface area contributed by atoms with Gasteiger partial charge in [-0.1, -0.05) is 53.5 Å². The number of anilines is 1. The number of fused-ring (bicyclic) bond motifs is 2. The first-order valence-corrected chi connectivity index (χ1v) is 7.91. The van der Waals surface area contributed by atoms with E-state index in [1.165, 1.54) is 5.56 Å². The minimum Gasteiger partial charge on any atom is -0.350 e. The maximum absolute atomic E-state index is 6.32. The van der Waals surface area contributed by atoms with E-state index in [1.807, 2.05) is 24.3 Å². The Hall–Kier alpha value is -1.84. The molecule has 110 valence electrons. The molecular formula is C17H13Cl2N3. The van der Waals surface area contributed by atoms with Gasteiger partial charge >= 0.3 is 0 Å². The molecule has 0 amide bonds. The van der Waals surface area contributed by atoms with Crippen LogP contribution in [-0.4, -0.2) is 16.7 Å². The monoisotopic (exact) mass is 329 g/mol. The van der Waals surface area contributed by atoms with Gasteiger partial charge in [0.1, 0.15) is 0 Å². The smallest absolute Gasteiger partial charge is 0.159 e. The molecule has 5 heteroatoms. The van der Waals surface area contributed by atoms with Gasteiger partial charge in [0.2, 0.25) is 0 Å². The normalized spacial score (nSPS) is 14.2. The first kappa shape index (κ1) is 13.8. The molecule has 0 radical (unpaired) electrons. The second-order valence-electron chi connectivity index (χ2n) is 5.43. The molecule has 3 nitrogen and oxygen atoms in total. The van der Waals surface area contributed by atoms with E-state index in [9.17, 15) is 0 Å². The maximum Gasteiger partial charge on any atom is 0.159 e. The Morgan fingerprint density at radius 1 is 1.05 bits per heavy atom. The van der Waals surface area contributed by atoms with Gasteiger partial charge in [-0.15, -0.1) is 5.10 Å². The Bertz CT molecular complexity index is 858. The summed E-state index contributed by atoms with van der Waals surface area (Å²) in [4.78, 5) is 2.25. The molecule has 1 aromatic heterocycles. The predicted molar refractivity (Wildman–Crippen MR) is 90.8 cm³/mol. The van der Waals surface area contributed by atoms with Gasteiger partial charge in [-0.25, -0.2) is 0 Å². The van der Waals surface area contributed by atoms with Crippen LogP contribution in [0.5, 0.6) is 0 Å². The summed E-state index contributed by atoms with van der Waals surface area (Å²) >= 11 is 12.4. The van der Waals surface area contributed by atoms with Gasteiger partial charge in [-0.3, -0.25) is 0 Å². The van der Waals surface area contributed by atoms with E-state index in [0.29, 0.717) is 10.0 Å². The lowest BCUT2D eigenvalue weighted by atomic mass is 9.99. The van der Waals surface area contributed by atoms with Crippen molar-refractivity contribution in [2.75, 3.05) is 11.4 Å². The van der Waals surface area contributed by atoms with Gasteiger partial charge in [0.05, 0.1) is 16.2 Å². The summed E-state index contributed by atoms with van der Waals surface area (Å²) in [5.74, 6) is 0.926. The van der Waals surface area contributed by atoms with Crippen LogP contribution in [0.15, 0.2) is 42.6 Å². The van der Waals surface area contributed by atoms with Gasteiger partial charge in [0, 0.05) is 23.9 Å². The number of hydrogen-bond acceptors (Lipinski definition) is 3. The average molecular weight is 330 g/mol. The fourth-order valence-corrected chi connectivity index (χ4v) is 3.47. The fraction of sp³-hybridized carbons (Fsp3) is 0.176. The number of benzene rings is 2. The van der Waals surface area contributed by atoms with Gasteiger partial charge < -0.3 is 4.90 Å². The average Bonchev–Trinajstić information content (AvgIpc) is 2.57. The summed E-state index contributed by atoms with van der Waals surface area (Å²) in [7, 11) is 0. The molecule has 0 spiro atoms. The molecule has 3 aromatic rings. The van der Waals surface area contributed by atoms with Crippen LogP contribution in [0.3, 0.4) is 0 Å². The molecule has 4 rings (SSSR count). The maximum atomic E-state index is 6.32. The van der Waals surface area contributed by atoms with Crippen molar-refractivity contribution in [1.29, 1.82) is 0 Å². The zero-order chi connectivity index (χ0) is 15.1. The Morgan fingerprint density at radius 3 is 2.82 bits per heavy atom. The standard InChI is InChI=1S/C17H13Cl2N3/c18-15-6-5-12-10-22(8-7-13(12)16(15)19)17-14-4-2-1-3-11(14)9-20-21-17/h1-6,9H,7-8,10H2. The molecule has 1 aliphatic rings. The van der Waals surface area contributed by atoms with Crippen LogP contribution in [0, 0.1) is 0 Å². The molecule has 0 aliphatic carbocycles. The van der Waals surface area contributed by atoms with Crippen molar-refractivity contribution in [3.05, 3.63) is 63.8 Å². The third kappa shape index (κ3) is 2.21. The second-order valence-corrected chi connectivity index (χ2v) is 6.21. The van der Waals surface area contributed by atoms with Crippen LogP contribution in [0.4, 0.5) is 5.82 Å². The van der Waals surface area contributed by atoms with Crippen LogP contribution < -0.4 is 4.90 Å². The van der Waals surface area contributed by atoms with Gasteiger partial charge in [-0.2, -0.15) is 5.10 Å². The zero-order valence-corrected chi connectivity index (χ0v) is 13.3. The lowest BCUT2D eigenvalue weighted by molar-refractivity contribution is 0.717. The van der Waals surface area contributed by atoms with E-state index in [2.05, 4.69) is 27.2 Å². The zero-order valence-electron chi connectivity index (χ0n) is 11.8. The minimum absolute atomic E-state index is 0.624. The molecule has 0 fully saturated rings. The van der Waals surface area contributed by atoms with Crippen molar-refractivity contribution in [3.63, 3.8) is 0 Å². The van der Waals surface area contributed by atoms with Crippen molar-refractivity contribution >= 4 is 39.8 Å². The van der Waals surface area contributed by atoms with E-state index in [-0.39, 0.29) is 0 Å². The lowest BCUT2D eigenvalue weighted by Gasteiger charge is -2.30. The van der Waals surface area contributed by atoms with Gasteiger partial charge in [0.15, 0.2) is 5.82 Å². The minimum atomic E-state index is 0.624. The summed E-state index contributed by atoms with van der Waals surface area (Å²) in [5, 5.41) is 12.0. The Balaban J connectivity index is 1.77. The largest absolute Gasteiger partial charge is 0.350 e. The molecule has 0 unspecified atom stereocenters. The highest BCUT2D eigenvalue weighted by molar-refractivity contribution is 6.42. The number of halogens is 2. The molecule has 0 saturated carbocycles. The van der Waals surface area contributed by atoms with E-state index < -0.39 is 0 Å². The molecular weight excluding hydrogens is 317 g/mol. The van der Waals surface area contributed by atoms with Crippen molar-refractivity contribution in [1.82, 2.24) is 10.2 Å². The van der Waals surface area contributed by atoms with Crippen molar-refractivity contribution < 1.29 is 0 Å². The molecule has 0 atom stereocenters. The van der Waals surface area contributed by atoms with Gasteiger partial charge in [-0.05, 0) is 23.6 Å². The Kier molecular flexibility index (Phi) is 3.40. The van der Waals surface area contributed by atoms with Crippen LogP contribution in [-0.2, 0) is 13.0 Å². The molecule has 0 bridgehead atoms. The summed E-state index contributed by atoms with van der Waals surface area (Å²) < 4.78 is 0. The van der Waals surface area contributed by atoms with Crippen LogP contribution in [0.1, 0.15) is 11.1 Å². The number of hydrogen-bond donors (Lipinski definition) is 0. The highest BCUT2D eigenvalue weighted by Gasteiger charge is 2.22. The molecule has 0 N–H and O–H groups in total. The van der Waals surface area contributed by atoms with Crippen molar-refractivity contribution in [3.8, 4) is 0 Å². The summed E-state index contributed by atoms with van der Waals surface area (Å²) in [5.41, 5.74) is 2.36. The van der Waals surface area contributed by atoms with E-state index >= 15 is 0 Å². The molecule has 2 heterocycles. The molecule has 2 aromatic carbocycles. The number of nitrogens with zero attached hydrogens (tertiary/aromatic N) is 3. The third-order valence-corrected chi connectivity index (χ3v) is 4.98. The van der Waals surface area contributed by atoms with Crippen LogP contribution in [0.2, 0.25) is 10.0 Å². The van der Waals surface area contributed by atoms with E-state index in [1.54, 1.807) is 6.20 Å². The van der Waals surface area contributed by atoms with E-state index in [4.69, 9.17) is 23.2 Å². The van der Waals surface area contributed by atoms with Crippen molar-refractivity contribution in [2.45, 2.75) is 13.0 Å². The predicted octanol–water partition coefficient (Wildman–Crippen LogP) is 4.50. The summed E-state index contributed by atoms with van der Waals surface area (Å²) in [6.07, 6.45) is 2.66. The summed E-state index contributed by atoms with van der Waals surface area (Å²) in [6.45, 7) is 1.63. The highest BCUT2D eigenvalue weighted by Crippen LogP contribution is 2.34. The first-order valence-electron chi connectivity index (χ1n) is 7.15. The SMILES string of the molecule is Clc1ccc2c(c1Cl)CCN(c1nncc3ccccc13)C2. The Morgan fingerprint density at radius 2 is 1.91 bits per heavy atom. The lowest BCUT2D eigenvalue weighted by Crippen LogP contribution is -2.31. The highest BCUT2D eigenvalue weighted by atomic mass is 35.5. The first-order chi connectivity index (χ1) is 10.7. The molecule has 0 saturated heterocycles. The molecule has 1 aliphatic heterocycles. The second kappa shape index (κ2) is 5.41. The van der Waals surface area contributed by atoms with E-state index in [0.717, 1.165) is 41.7 Å². The van der Waals surface area contributed by atoms with Crippen LogP contribution >= 0.6 is 23.2 Å². The quantitative estimate of drug-likeness (QED) is 0.658. The number of aromatic nitrogens is 2. The molecule has 22 heavy (non-hydrogen) atoms. The fourth-order valence-electron chi connectivity index (χ4n) is 3.01. The van der Waals surface area contributed by atoms with Crippen molar-refractivity contribution in [2.24, 2.45) is 0 Å². The van der Waals surface area contributed by atoms with Gasteiger partial charge in [0.25, 0.3) is 0 Å².